The first kappa shape index (κ1) is 12.4. The van der Waals surface area contributed by atoms with E-state index in [1.54, 1.807) is 0 Å². The van der Waals surface area contributed by atoms with Crippen LogP contribution in [-0.2, 0) is 4.79 Å². The normalized spacial score (nSPS) is 15.5. The molecule has 0 aromatic carbocycles. The Morgan fingerprint density at radius 3 is 2.38 bits per heavy atom. The summed E-state index contributed by atoms with van der Waals surface area (Å²) in [7, 11) is 3.69. The second-order valence-electron chi connectivity index (χ2n) is 3.75. The van der Waals surface area contributed by atoms with E-state index in [1.165, 1.54) is 0 Å². The summed E-state index contributed by atoms with van der Waals surface area (Å²) in [5, 5.41) is 11.7. The van der Waals surface area contributed by atoms with Crippen LogP contribution >= 0.6 is 0 Å². The monoisotopic (exact) mass is 188 g/mol. The molecule has 0 heterocycles. The number of carbonyl (C=O) groups is 1. The van der Waals surface area contributed by atoms with Crippen molar-refractivity contribution in [1.82, 2.24) is 10.2 Å². The lowest BCUT2D eigenvalue weighted by atomic mass is 10.1. The third-order valence-electron chi connectivity index (χ3n) is 1.99. The molecule has 0 rings (SSSR count). The van der Waals surface area contributed by atoms with Crippen molar-refractivity contribution in [3.63, 3.8) is 0 Å². The highest BCUT2D eigenvalue weighted by Gasteiger charge is 2.13. The van der Waals surface area contributed by atoms with Crippen LogP contribution in [0.3, 0.4) is 0 Å². The van der Waals surface area contributed by atoms with Crippen molar-refractivity contribution in [1.29, 1.82) is 0 Å². The van der Waals surface area contributed by atoms with E-state index in [0.29, 0.717) is 6.54 Å². The van der Waals surface area contributed by atoms with Crippen molar-refractivity contribution in [2.75, 3.05) is 27.2 Å². The van der Waals surface area contributed by atoms with Gasteiger partial charge in [-0.05, 0) is 26.9 Å². The highest BCUT2D eigenvalue weighted by molar-refractivity contribution is 5.78. The quantitative estimate of drug-likeness (QED) is 0.622. The average Bonchev–Trinajstić information content (AvgIpc) is 2.01. The SMILES string of the molecule is CC(CO)C(C)NC(=O)CN(C)C. The number of likely N-dealkylation sites (N-methyl/N-ethyl adjacent to an activating group) is 1. The Bertz CT molecular complexity index is 160. The van der Waals surface area contributed by atoms with E-state index in [0.717, 1.165) is 0 Å². The van der Waals surface area contributed by atoms with E-state index < -0.39 is 0 Å². The maximum Gasteiger partial charge on any atom is 0.234 e. The first-order chi connectivity index (χ1) is 5.97. The Hall–Kier alpha value is -0.610. The highest BCUT2D eigenvalue weighted by Crippen LogP contribution is 1.99. The van der Waals surface area contributed by atoms with Gasteiger partial charge < -0.3 is 15.3 Å². The van der Waals surface area contributed by atoms with Gasteiger partial charge in [0.15, 0.2) is 0 Å². The van der Waals surface area contributed by atoms with Gasteiger partial charge in [0, 0.05) is 12.6 Å². The van der Waals surface area contributed by atoms with Crippen molar-refractivity contribution < 1.29 is 9.90 Å². The molecule has 0 aliphatic rings. The van der Waals surface area contributed by atoms with Gasteiger partial charge in [-0.2, -0.15) is 0 Å². The summed E-state index contributed by atoms with van der Waals surface area (Å²) in [5.74, 6) is 0.101. The molecule has 4 nitrogen and oxygen atoms in total. The molecule has 1 amide bonds. The summed E-state index contributed by atoms with van der Waals surface area (Å²) in [6.45, 7) is 4.29. The van der Waals surface area contributed by atoms with Crippen LogP contribution in [0, 0.1) is 5.92 Å². The Morgan fingerprint density at radius 1 is 1.46 bits per heavy atom. The summed E-state index contributed by atoms with van der Waals surface area (Å²) in [6.07, 6.45) is 0. The molecule has 2 atom stereocenters. The molecule has 0 aromatic heterocycles. The molecule has 0 fully saturated rings. The molecular weight excluding hydrogens is 168 g/mol. The molecule has 0 spiro atoms. The zero-order valence-electron chi connectivity index (χ0n) is 8.87. The second kappa shape index (κ2) is 5.94. The molecule has 2 N–H and O–H groups in total. The molecule has 2 unspecified atom stereocenters. The Labute approximate surface area is 79.9 Å². The lowest BCUT2D eigenvalue weighted by Gasteiger charge is -2.20. The number of rotatable bonds is 5. The second-order valence-corrected chi connectivity index (χ2v) is 3.75. The largest absolute Gasteiger partial charge is 0.396 e. The van der Waals surface area contributed by atoms with Crippen LogP contribution in [0.5, 0.6) is 0 Å². The van der Waals surface area contributed by atoms with E-state index in [1.807, 2.05) is 32.8 Å². The van der Waals surface area contributed by atoms with Gasteiger partial charge in [-0.15, -0.1) is 0 Å². The van der Waals surface area contributed by atoms with Crippen molar-refractivity contribution in [3.8, 4) is 0 Å². The van der Waals surface area contributed by atoms with Crippen LogP contribution in [0.2, 0.25) is 0 Å². The fourth-order valence-corrected chi connectivity index (χ4v) is 0.887. The first-order valence-electron chi connectivity index (χ1n) is 4.52. The van der Waals surface area contributed by atoms with Crippen LogP contribution in [0.4, 0.5) is 0 Å². The third kappa shape index (κ3) is 5.60. The predicted molar refractivity (Wildman–Crippen MR) is 52.4 cm³/mol. The van der Waals surface area contributed by atoms with E-state index in [-0.39, 0.29) is 24.5 Å². The topological polar surface area (TPSA) is 52.6 Å². The number of nitrogens with zero attached hydrogens (tertiary/aromatic N) is 1. The summed E-state index contributed by atoms with van der Waals surface area (Å²) in [6, 6.07) is 0.0254. The van der Waals surface area contributed by atoms with Gasteiger partial charge in [0.2, 0.25) is 5.91 Å². The van der Waals surface area contributed by atoms with Crippen LogP contribution in [-0.4, -0.2) is 49.2 Å². The summed E-state index contributed by atoms with van der Waals surface area (Å²) in [4.78, 5) is 13.1. The van der Waals surface area contributed by atoms with Crippen molar-refractivity contribution >= 4 is 5.91 Å². The predicted octanol–water partition coefficient (Wildman–Crippen LogP) is -0.319. The number of hydrogen-bond acceptors (Lipinski definition) is 3. The number of aliphatic hydroxyl groups is 1. The van der Waals surface area contributed by atoms with Crippen LogP contribution in [0.1, 0.15) is 13.8 Å². The van der Waals surface area contributed by atoms with Crippen molar-refractivity contribution in [2.45, 2.75) is 19.9 Å². The van der Waals surface area contributed by atoms with Crippen LogP contribution < -0.4 is 5.32 Å². The van der Waals surface area contributed by atoms with Crippen LogP contribution in [0.15, 0.2) is 0 Å². The van der Waals surface area contributed by atoms with E-state index in [9.17, 15) is 4.79 Å². The highest BCUT2D eigenvalue weighted by atomic mass is 16.3. The third-order valence-corrected chi connectivity index (χ3v) is 1.99. The number of aliphatic hydroxyl groups excluding tert-OH is 1. The fraction of sp³-hybridized carbons (Fsp3) is 0.889. The van der Waals surface area contributed by atoms with Crippen LogP contribution in [0.25, 0.3) is 0 Å². The molecule has 4 heteroatoms. The molecule has 0 bridgehead atoms. The number of hydrogen-bond donors (Lipinski definition) is 2. The number of carbonyl (C=O) groups excluding carboxylic acids is 1. The standard InChI is InChI=1S/C9H20N2O2/c1-7(6-12)8(2)10-9(13)5-11(3)4/h7-8,12H,5-6H2,1-4H3,(H,10,13). The minimum Gasteiger partial charge on any atom is -0.396 e. The lowest BCUT2D eigenvalue weighted by Crippen LogP contribution is -2.42. The number of nitrogens with one attached hydrogen (secondary N) is 1. The molecule has 0 saturated carbocycles. The zero-order valence-corrected chi connectivity index (χ0v) is 8.87. The van der Waals surface area contributed by atoms with E-state index >= 15 is 0 Å². The average molecular weight is 188 g/mol. The van der Waals surface area contributed by atoms with Gasteiger partial charge in [-0.1, -0.05) is 6.92 Å². The Morgan fingerprint density at radius 2 is 2.00 bits per heavy atom. The molecule has 0 aliphatic heterocycles. The molecular formula is C9H20N2O2. The maximum atomic E-state index is 11.2. The van der Waals surface area contributed by atoms with Gasteiger partial charge in [0.25, 0.3) is 0 Å². The molecule has 13 heavy (non-hydrogen) atoms. The molecule has 0 saturated heterocycles. The van der Waals surface area contributed by atoms with Gasteiger partial charge in [-0.25, -0.2) is 0 Å². The molecule has 78 valence electrons. The van der Waals surface area contributed by atoms with Crippen molar-refractivity contribution in [2.24, 2.45) is 5.92 Å². The number of amides is 1. The lowest BCUT2D eigenvalue weighted by molar-refractivity contribution is -0.122. The van der Waals surface area contributed by atoms with E-state index in [4.69, 9.17) is 5.11 Å². The van der Waals surface area contributed by atoms with Crippen molar-refractivity contribution in [3.05, 3.63) is 0 Å². The zero-order chi connectivity index (χ0) is 10.4. The Balaban J connectivity index is 3.77. The van der Waals surface area contributed by atoms with Gasteiger partial charge in [-0.3, -0.25) is 4.79 Å². The van der Waals surface area contributed by atoms with Gasteiger partial charge >= 0.3 is 0 Å². The van der Waals surface area contributed by atoms with Gasteiger partial charge in [0.1, 0.15) is 0 Å². The molecule has 0 radical (unpaired) electrons. The smallest absolute Gasteiger partial charge is 0.234 e. The summed E-state index contributed by atoms with van der Waals surface area (Å²) in [5.41, 5.74) is 0. The van der Waals surface area contributed by atoms with E-state index in [2.05, 4.69) is 5.32 Å². The Kier molecular flexibility index (Phi) is 5.66. The maximum absolute atomic E-state index is 11.2. The minimum atomic E-state index is -0.00204. The summed E-state index contributed by atoms with van der Waals surface area (Å²) >= 11 is 0. The first-order valence-corrected chi connectivity index (χ1v) is 4.52. The van der Waals surface area contributed by atoms with Gasteiger partial charge in [0.05, 0.1) is 6.54 Å². The minimum absolute atomic E-state index is 0.00204. The summed E-state index contributed by atoms with van der Waals surface area (Å²) < 4.78 is 0. The molecule has 0 aliphatic carbocycles. The molecule has 0 aromatic rings. The fourth-order valence-electron chi connectivity index (χ4n) is 0.887.